The molecule has 3 nitrogen and oxygen atoms in total. The zero-order valence-electron chi connectivity index (χ0n) is 4.42. The maximum absolute atomic E-state index is 8.58. The summed E-state index contributed by atoms with van der Waals surface area (Å²) in [6.45, 7) is 2.25. The first-order valence-electron chi connectivity index (χ1n) is 2.09. The molecule has 7 heavy (non-hydrogen) atoms. The second-order valence-electron chi connectivity index (χ2n) is 0.860. The van der Waals surface area contributed by atoms with Crippen LogP contribution in [0, 0.1) is 0 Å². The molecule has 44 valence electrons. The third-order valence-electron chi connectivity index (χ3n) is 0.224. The van der Waals surface area contributed by atoms with Crippen molar-refractivity contribution >= 4 is 6.41 Å². The number of aliphatic hydroxyl groups excluding tert-OH is 1. The molecule has 0 aromatic rings. The van der Waals surface area contributed by atoms with E-state index in [4.69, 9.17) is 9.90 Å². The van der Waals surface area contributed by atoms with Crippen LogP contribution in [-0.4, -0.2) is 18.1 Å². The van der Waals surface area contributed by atoms with Crippen LogP contribution in [0.4, 0.5) is 0 Å². The fourth-order valence-corrected chi connectivity index (χ4v) is 0. The molecule has 0 aliphatic carbocycles. The Morgan fingerprint density at radius 2 is 2.00 bits per heavy atom. The van der Waals surface area contributed by atoms with Gasteiger partial charge >= 0.3 is 0 Å². The van der Waals surface area contributed by atoms with Crippen molar-refractivity contribution in [3.05, 3.63) is 0 Å². The van der Waals surface area contributed by atoms with Gasteiger partial charge in [-0.25, -0.2) is 0 Å². The third-order valence-corrected chi connectivity index (χ3v) is 0.224. The van der Waals surface area contributed by atoms with E-state index in [9.17, 15) is 0 Å². The van der Waals surface area contributed by atoms with Gasteiger partial charge in [0.25, 0.3) is 0 Å². The van der Waals surface area contributed by atoms with Gasteiger partial charge in [0.15, 0.2) is 0 Å². The number of aliphatic hydroxyl groups is 1. The van der Waals surface area contributed by atoms with Gasteiger partial charge in [-0.05, 0) is 6.42 Å². The average molecular weight is 105 g/mol. The van der Waals surface area contributed by atoms with E-state index in [-0.39, 0.29) is 6.41 Å². The molecule has 0 saturated carbocycles. The first-order valence-corrected chi connectivity index (χ1v) is 2.09. The van der Waals surface area contributed by atoms with Crippen molar-refractivity contribution in [3.63, 3.8) is 0 Å². The van der Waals surface area contributed by atoms with Crippen molar-refractivity contribution < 1.29 is 9.90 Å². The summed E-state index contributed by atoms with van der Waals surface area (Å²) in [6.07, 6.45) is 1.12. The lowest BCUT2D eigenvalue weighted by atomic mass is 10.5. The highest BCUT2D eigenvalue weighted by Gasteiger charge is 1.57. The molecule has 0 unspecified atom stereocenters. The van der Waals surface area contributed by atoms with Gasteiger partial charge in [-0.1, -0.05) is 6.92 Å². The zero-order chi connectivity index (χ0) is 6.12. The number of nitrogens with two attached hydrogens (primary N) is 1. The summed E-state index contributed by atoms with van der Waals surface area (Å²) in [7, 11) is 0. The highest BCUT2D eigenvalue weighted by atomic mass is 16.2. The largest absolute Gasteiger partial charge is 0.396 e. The molecule has 0 fully saturated rings. The van der Waals surface area contributed by atoms with Gasteiger partial charge in [-0.15, -0.1) is 0 Å². The number of carbonyl (C=O) groups excluding carboxylic acids is 1. The lowest BCUT2D eigenvalue weighted by molar-refractivity contribution is -0.106. The van der Waals surface area contributed by atoms with E-state index in [0.29, 0.717) is 6.61 Å². The Morgan fingerprint density at radius 3 is 2.00 bits per heavy atom. The predicted octanol–water partition coefficient (Wildman–Crippen LogP) is -0.510. The van der Waals surface area contributed by atoms with Gasteiger partial charge < -0.3 is 10.8 Å². The maximum atomic E-state index is 8.58. The van der Waals surface area contributed by atoms with Gasteiger partial charge in [0.05, 0.1) is 0 Å². The average Bonchev–Trinajstić information content (AvgIpc) is 1.69. The lowest BCUT2D eigenvalue weighted by Gasteiger charge is -1.69. The second-order valence-corrected chi connectivity index (χ2v) is 0.860. The molecule has 0 spiro atoms. The molecule has 0 heterocycles. The van der Waals surface area contributed by atoms with Crippen LogP contribution in [-0.2, 0) is 4.79 Å². The molecule has 3 heteroatoms. The molecular formula is C4H11NO2. The SMILES string of the molecule is CCCO.NC=O. The van der Waals surface area contributed by atoms with Crippen LogP contribution >= 0.6 is 0 Å². The molecule has 0 atom stereocenters. The standard InChI is InChI=1S/C3H8O.CH3NO/c1-2-3-4;2-1-3/h4H,2-3H2,1H3;1H,(H2,2,3). The molecule has 0 rings (SSSR count). The summed E-state index contributed by atoms with van der Waals surface area (Å²) in [5.74, 6) is 0. The minimum atomic E-state index is 0.250. The lowest BCUT2D eigenvalue weighted by Crippen LogP contribution is -1.82. The van der Waals surface area contributed by atoms with E-state index in [2.05, 4.69) is 5.73 Å². The topological polar surface area (TPSA) is 63.3 Å². The Kier molecular flexibility index (Phi) is 24.9. The number of rotatable bonds is 1. The first kappa shape index (κ1) is 9.66. The minimum Gasteiger partial charge on any atom is -0.396 e. The maximum Gasteiger partial charge on any atom is 0.204 e. The quantitative estimate of drug-likeness (QED) is 0.441. The number of carbonyl (C=O) groups is 1. The van der Waals surface area contributed by atoms with Crippen molar-refractivity contribution in [1.82, 2.24) is 0 Å². The summed E-state index contributed by atoms with van der Waals surface area (Å²) in [4.78, 5) is 8.58. The van der Waals surface area contributed by atoms with Crippen LogP contribution in [0.25, 0.3) is 0 Å². The van der Waals surface area contributed by atoms with Crippen molar-refractivity contribution in [2.45, 2.75) is 13.3 Å². The van der Waals surface area contributed by atoms with Crippen molar-refractivity contribution in [2.75, 3.05) is 6.61 Å². The number of primary amides is 1. The van der Waals surface area contributed by atoms with E-state index in [1.807, 2.05) is 6.92 Å². The Hall–Kier alpha value is -0.570. The van der Waals surface area contributed by atoms with Crippen LogP contribution < -0.4 is 5.73 Å². The molecular weight excluding hydrogens is 94.0 g/mol. The summed E-state index contributed by atoms with van der Waals surface area (Å²) in [6, 6.07) is 0. The predicted molar refractivity (Wildman–Crippen MR) is 27.6 cm³/mol. The molecule has 1 amide bonds. The monoisotopic (exact) mass is 105 g/mol. The molecule has 0 aliphatic rings. The third kappa shape index (κ3) is 346. The molecule has 3 N–H and O–H groups in total. The van der Waals surface area contributed by atoms with E-state index >= 15 is 0 Å². The Labute approximate surface area is 43.1 Å². The Balaban J connectivity index is 0. The van der Waals surface area contributed by atoms with Gasteiger partial charge in [0.1, 0.15) is 0 Å². The van der Waals surface area contributed by atoms with E-state index in [0.717, 1.165) is 6.42 Å². The number of hydrogen-bond acceptors (Lipinski definition) is 2. The summed E-state index contributed by atoms with van der Waals surface area (Å²) in [5.41, 5.74) is 4.17. The molecule has 0 aliphatic heterocycles. The van der Waals surface area contributed by atoms with E-state index in [1.54, 1.807) is 0 Å². The Morgan fingerprint density at radius 1 is 1.86 bits per heavy atom. The van der Waals surface area contributed by atoms with Crippen LogP contribution in [0.1, 0.15) is 13.3 Å². The van der Waals surface area contributed by atoms with E-state index < -0.39 is 0 Å². The second kappa shape index (κ2) is 18.0. The molecule has 0 saturated heterocycles. The van der Waals surface area contributed by atoms with Gasteiger partial charge in [0, 0.05) is 6.61 Å². The van der Waals surface area contributed by atoms with Crippen LogP contribution in [0.5, 0.6) is 0 Å². The van der Waals surface area contributed by atoms with Gasteiger partial charge in [0.2, 0.25) is 6.41 Å². The smallest absolute Gasteiger partial charge is 0.204 e. The molecule has 0 aromatic heterocycles. The van der Waals surface area contributed by atoms with Crippen LogP contribution in [0.3, 0.4) is 0 Å². The van der Waals surface area contributed by atoms with Crippen molar-refractivity contribution in [2.24, 2.45) is 5.73 Å². The fourth-order valence-electron chi connectivity index (χ4n) is 0. The number of hydrogen-bond donors (Lipinski definition) is 2. The molecule has 0 radical (unpaired) electrons. The van der Waals surface area contributed by atoms with Crippen LogP contribution in [0.2, 0.25) is 0 Å². The minimum absolute atomic E-state index is 0.250. The molecule has 0 bridgehead atoms. The van der Waals surface area contributed by atoms with Crippen molar-refractivity contribution in [3.8, 4) is 0 Å². The molecule has 0 aromatic carbocycles. The fraction of sp³-hybridized carbons (Fsp3) is 0.750. The summed E-state index contributed by atoms with van der Waals surface area (Å²) in [5, 5.41) is 7.88. The van der Waals surface area contributed by atoms with E-state index in [1.165, 1.54) is 0 Å². The normalized spacial score (nSPS) is 6.00. The van der Waals surface area contributed by atoms with Gasteiger partial charge in [-0.3, -0.25) is 4.79 Å². The van der Waals surface area contributed by atoms with Crippen molar-refractivity contribution in [1.29, 1.82) is 0 Å². The number of amides is 1. The summed E-state index contributed by atoms with van der Waals surface area (Å²) < 4.78 is 0. The van der Waals surface area contributed by atoms with Gasteiger partial charge in [-0.2, -0.15) is 0 Å². The first-order chi connectivity index (χ1) is 3.33. The highest BCUT2D eigenvalue weighted by molar-refractivity contribution is 5.42. The van der Waals surface area contributed by atoms with Crippen LogP contribution in [0.15, 0.2) is 0 Å². The zero-order valence-corrected chi connectivity index (χ0v) is 4.42. The Bertz CT molecular complexity index is 28.9. The summed E-state index contributed by atoms with van der Waals surface area (Å²) >= 11 is 0. The highest BCUT2D eigenvalue weighted by Crippen LogP contribution is 1.61.